The first-order valence-electron chi connectivity index (χ1n) is 5.53. The molecule has 2 aromatic carbocycles. The third kappa shape index (κ3) is 3.40. The number of aryl methyl sites for hydroxylation is 1. The lowest BCUT2D eigenvalue weighted by atomic mass is 10.1. The first kappa shape index (κ1) is 13.7. The smallest absolute Gasteiger partial charge is 0.335 e. The van der Waals surface area contributed by atoms with Crippen LogP contribution in [0.3, 0.4) is 0 Å². The van der Waals surface area contributed by atoms with Crippen LogP contribution < -0.4 is 5.32 Å². The maximum absolute atomic E-state index is 10.9. The molecule has 0 amide bonds. The van der Waals surface area contributed by atoms with Crippen LogP contribution in [-0.2, 0) is 0 Å². The van der Waals surface area contributed by atoms with E-state index in [1.54, 1.807) is 36.4 Å². The minimum absolute atomic E-state index is 0.257. The topological polar surface area (TPSA) is 49.3 Å². The first-order valence-corrected chi connectivity index (χ1v) is 6.28. The summed E-state index contributed by atoms with van der Waals surface area (Å²) in [6.45, 7) is 1.83. The fourth-order valence-electron chi connectivity index (χ4n) is 1.72. The van der Waals surface area contributed by atoms with Crippen LogP contribution in [-0.4, -0.2) is 11.1 Å². The average Bonchev–Trinajstić information content (AvgIpc) is 2.30. The number of hydrogen-bond acceptors (Lipinski definition) is 2. The summed E-state index contributed by atoms with van der Waals surface area (Å²) in [6.07, 6.45) is 0. The van der Waals surface area contributed by atoms with Gasteiger partial charge in [0.05, 0.1) is 5.56 Å². The Balaban J connectivity index is 2.30. The SMILES string of the molecule is Cc1cc(C(=O)O)ccc1Nc1cc(Cl)cc(Cl)c1. The molecule has 0 unspecified atom stereocenters. The van der Waals surface area contributed by atoms with Crippen molar-refractivity contribution in [2.24, 2.45) is 0 Å². The number of nitrogens with one attached hydrogen (secondary N) is 1. The summed E-state index contributed by atoms with van der Waals surface area (Å²) in [5.74, 6) is -0.944. The summed E-state index contributed by atoms with van der Waals surface area (Å²) in [6, 6.07) is 10.0. The Morgan fingerprint density at radius 3 is 2.26 bits per heavy atom. The van der Waals surface area contributed by atoms with Crippen LogP contribution in [0, 0.1) is 6.92 Å². The molecule has 0 aromatic heterocycles. The van der Waals surface area contributed by atoms with E-state index in [1.807, 2.05) is 6.92 Å². The number of carboxylic acid groups (broad SMARTS) is 1. The molecule has 19 heavy (non-hydrogen) atoms. The van der Waals surface area contributed by atoms with E-state index in [2.05, 4.69) is 5.32 Å². The lowest BCUT2D eigenvalue weighted by Gasteiger charge is -2.11. The zero-order valence-corrected chi connectivity index (χ0v) is 11.6. The van der Waals surface area contributed by atoms with E-state index >= 15 is 0 Å². The highest BCUT2D eigenvalue weighted by molar-refractivity contribution is 6.35. The van der Waals surface area contributed by atoms with Crippen molar-refractivity contribution >= 4 is 40.5 Å². The van der Waals surface area contributed by atoms with Gasteiger partial charge in [0, 0.05) is 21.4 Å². The van der Waals surface area contributed by atoms with E-state index in [0.29, 0.717) is 10.0 Å². The molecule has 98 valence electrons. The predicted octanol–water partition coefficient (Wildman–Crippen LogP) is 4.74. The van der Waals surface area contributed by atoms with E-state index in [1.165, 1.54) is 0 Å². The third-order valence-electron chi connectivity index (χ3n) is 2.61. The van der Waals surface area contributed by atoms with Crippen molar-refractivity contribution in [3.05, 3.63) is 57.6 Å². The molecule has 0 saturated carbocycles. The van der Waals surface area contributed by atoms with Gasteiger partial charge in [-0.05, 0) is 48.9 Å². The molecule has 0 radical (unpaired) electrons. The first-order chi connectivity index (χ1) is 8.95. The van der Waals surface area contributed by atoms with Crippen LogP contribution in [0.25, 0.3) is 0 Å². The molecule has 0 aliphatic rings. The summed E-state index contributed by atoms with van der Waals surface area (Å²) < 4.78 is 0. The van der Waals surface area contributed by atoms with E-state index in [0.717, 1.165) is 16.9 Å². The van der Waals surface area contributed by atoms with Gasteiger partial charge in [0.1, 0.15) is 0 Å². The van der Waals surface area contributed by atoms with Gasteiger partial charge in [-0.15, -0.1) is 0 Å². The summed E-state index contributed by atoms with van der Waals surface area (Å²) in [4.78, 5) is 10.9. The van der Waals surface area contributed by atoms with Crippen LogP contribution in [0.4, 0.5) is 11.4 Å². The molecule has 5 heteroatoms. The van der Waals surface area contributed by atoms with Crippen LogP contribution in [0.5, 0.6) is 0 Å². The van der Waals surface area contributed by atoms with Crippen molar-refractivity contribution in [1.29, 1.82) is 0 Å². The van der Waals surface area contributed by atoms with E-state index in [-0.39, 0.29) is 5.56 Å². The quantitative estimate of drug-likeness (QED) is 0.859. The van der Waals surface area contributed by atoms with Gasteiger partial charge in [-0.3, -0.25) is 0 Å². The van der Waals surface area contributed by atoms with E-state index in [4.69, 9.17) is 28.3 Å². The Labute approximate surface area is 120 Å². The molecule has 0 saturated heterocycles. The van der Waals surface area contributed by atoms with Crippen LogP contribution in [0.15, 0.2) is 36.4 Å². The molecule has 2 rings (SSSR count). The van der Waals surface area contributed by atoms with Gasteiger partial charge in [-0.2, -0.15) is 0 Å². The van der Waals surface area contributed by atoms with Crippen LogP contribution in [0.1, 0.15) is 15.9 Å². The second-order valence-electron chi connectivity index (χ2n) is 4.12. The summed E-state index contributed by atoms with van der Waals surface area (Å²) >= 11 is 11.8. The minimum atomic E-state index is -0.944. The average molecular weight is 296 g/mol. The number of benzene rings is 2. The molecule has 0 bridgehead atoms. The monoisotopic (exact) mass is 295 g/mol. The van der Waals surface area contributed by atoms with Crippen molar-refractivity contribution in [2.45, 2.75) is 6.92 Å². The fraction of sp³-hybridized carbons (Fsp3) is 0.0714. The lowest BCUT2D eigenvalue weighted by molar-refractivity contribution is 0.0697. The van der Waals surface area contributed by atoms with E-state index < -0.39 is 5.97 Å². The number of halogens is 2. The Morgan fingerprint density at radius 2 is 1.74 bits per heavy atom. The molecule has 0 fully saturated rings. The fourth-order valence-corrected chi connectivity index (χ4v) is 2.24. The van der Waals surface area contributed by atoms with Gasteiger partial charge in [-0.1, -0.05) is 23.2 Å². The second kappa shape index (κ2) is 5.51. The number of anilines is 2. The molecule has 0 aliphatic heterocycles. The zero-order valence-electron chi connectivity index (χ0n) is 10.1. The van der Waals surface area contributed by atoms with Crippen molar-refractivity contribution in [3.63, 3.8) is 0 Å². The van der Waals surface area contributed by atoms with Crippen molar-refractivity contribution < 1.29 is 9.90 Å². The Bertz CT molecular complexity index is 621. The number of aromatic carboxylic acids is 1. The molecule has 3 nitrogen and oxygen atoms in total. The van der Waals surface area contributed by atoms with Crippen LogP contribution in [0.2, 0.25) is 10.0 Å². The Morgan fingerprint density at radius 1 is 1.11 bits per heavy atom. The molecule has 0 heterocycles. The Hall–Kier alpha value is -1.71. The van der Waals surface area contributed by atoms with Gasteiger partial charge in [0.15, 0.2) is 0 Å². The zero-order chi connectivity index (χ0) is 14.0. The normalized spacial score (nSPS) is 10.3. The highest BCUT2D eigenvalue weighted by Crippen LogP contribution is 2.27. The van der Waals surface area contributed by atoms with Gasteiger partial charge in [0.2, 0.25) is 0 Å². The number of carboxylic acids is 1. The lowest BCUT2D eigenvalue weighted by Crippen LogP contribution is -1.99. The minimum Gasteiger partial charge on any atom is -0.478 e. The largest absolute Gasteiger partial charge is 0.478 e. The molecule has 0 spiro atoms. The van der Waals surface area contributed by atoms with Gasteiger partial charge < -0.3 is 10.4 Å². The molecule has 0 aliphatic carbocycles. The number of rotatable bonds is 3. The maximum atomic E-state index is 10.9. The third-order valence-corrected chi connectivity index (χ3v) is 3.05. The number of hydrogen-bond donors (Lipinski definition) is 2. The number of carbonyl (C=O) groups is 1. The van der Waals surface area contributed by atoms with Crippen molar-refractivity contribution in [3.8, 4) is 0 Å². The standard InChI is InChI=1S/C14H11Cl2NO2/c1-8-4-9(14(18)19)2-3-13(8)17-12-6-10(15)5-11(16)7-12/h2-7,17H,1H3,(H,18,19). The summed E-state index contributed by atoms with van der Waals surface area (Å²) in [5.41, 5.74) is 2.65. The molecular weight excluding hydrogens is 285 g/mol. The van der Waals surface area contributed by atoms with Crippen molar-refractivity contribution in [1.82, 2.24) is 0 Å². The highest BCUT2D eigenvalue weighted by atomic mass is 35.5. The highest BCUT2D eigenvalue weighted by Gasteiger charge is 2.06. The predicted molar refractivity (Wildman–Crippen MR) is 77.9 cm³/mol. The maximum Gasteiger partial charge on any atom is 0.335 e. The Kier molecular flexibility index (Phi) is 3.98. The molecule has 2 aromatic rings. The van der Waals surface area contributed by atoms with Gasteiger partial charge >= 0.3 is 5.97 Å². The van der Waals surface area contributed by atoms with Gasteiger partial charge in [-0.25, -0.2) is 4.79 Å². The van der Waals surface area contributed by atoms with Crippen molar-refractivity contribution in [2.75, 3.05) is 5.32 Å². The molecular formula is C14H11Cl2NO2. The molecule has 0 atom stereocenters. The summed E-state index contributed by atoms with van der Waals surface area (Å²) in [5, 5.41) is 13.1. The van der Waals surface area contributed by atoms with Gasteiger partial charge in [0.25, 0.3) is 0 Å². The second-order valence-corrected chi connectivity index (χ2v) is 4.99. The summed E-state index contributed by atoms with van der Waals surface area (Å²) in [7, 11) is 0. The van der Waals surface area contributed by atoms with E-state index in [9.17, 15) is 4.79 Å². The molecule has 2 N–H and O–H groups in total. The van der Waals surface area contributed by atoms with Crippen LogP contribution >= 0.6 is 23.2 Å².